The Morgan fingerprint density at radius 2 is 1.47 bits per heavy atom. The third-order valence-electron chi connectivity index (χ3n) is 2.59. The van der Waals surface area contributed by atoms with Gasteiger partial charge in [-0.2, -0.15) is 4.31 Å². The Bertz CT molecular complexity index is 484. The fourth-order valence-corrected chi connectivity index (χ4v) is 3.32. The van der Waals surface area contributed by atoms with Gasteiger partial charge in [0.05, 0.1) is 17.1 Å². The Balaban J connectivity index is 3.07. The van der Waals surface area contributed by atoms with E-state index in [1.54, 1.807) is 12.1 Å². The van der Waals surface area contributed by atoms with E-state index in [2.05, 4.69) is 0 Å². The average molecular weight is 287 g/mol. The van der Waals surface area contributed by atoms with Crippen LogP contribution in [0.3, 0.4) is 0 Å². The molecule has 1 rings (SSSR count). The van der Waals surface area contributed by atoms with Crippen molar-refractivity contribution in [3.8, 4) is 0 Å². The number of hydrogen-bond acceptors (Lipinski definition) is 4. The number of hydrogen-bond donors (Lipinski definition) is 2. The molecule has 0 aliphatic heterocycles. The van der Waals surface area contributed by atoms with Gasteiger partial charge in [0.15, 0.2) is 0 Å². The van der Waals surface area contributed by atoms with E-state index >= 15 is 0 Å². The zero-order chi connectivity index (χ0) is 14.6. The Kier molecular flexibility index (Phi) is 5.49. The van der Waals surface area contributed by atoms with E-state index in [9.17, 15) is 18.6 Å². The highest BCUT2D eigenvalue weighted by Crippen LogP contribution is 2.17. The minimum Gasteiger partial charge on any atom is -0.392 e. The average Bonchev–Trinajstić information content (AvgIpc) is 2.27. The predicted molar refractivity (Wildman–Crippen MR) is 73.3 cm³/mol. The Morgan fingerprint density at radius 1 is 1.05 bits per heavy atom. The minimum atomic E-state index is -3.69. The van der Waals surface area contributed by atoms with Crippen LogP contribution in [0.1, 0.15) is 19.4 Å². The summed E-state index contributed by atoms with van der Waals surface area (Å²) in [5, 5.41) is 18.8. The van der Waals surface area contributed by atoms with Crippen LogP contribution in [0.2, 0.25) is 0 Å². The summed E-state index contributed by atoms with van der Waals surface area (Å²) in [5.74, 6) is 0. The van der Waals surface area contributed by atoms with Crippen LogP contribution in [0, 0.1) is 6.92 Å². The van der Waals surface area contributed by atoms with Gasteiger partial charge in [0, 0.05) is 13.1 Å². The first kappa shape index (κ1) is 16.1. The molecule has 0 radical (unpaired) electrons. The van der Waals surface area contributed by atoms with Crippen molar-refractivity contribution in [2.45, 2.75) is 37.9 Å². The van der Waals surface area contributed by atoms with Crippen molar-refractivity contribution >= 4 is 10.0 Å². The Hall–Kier alpha value is -0.950. The van der Waals surface area contributed by atoms with Gasteiger partial charge < -0.3 is 10.2 Å². The fourth-order valence-electron chi connectivity index (χ4n) is 1.72. The number of aryl methyl sites for hydroxylation is 1. The van der Waals surface area contributed by atoms with Gasteiger partial charge in [-0.1, -0.05) is 17.7 Å². The number of rotatable bonds is 6. The van der Waals surface area contributed by atoms with E-state index in [0.29, 0.717) is 0 Å². The second-order valence-corrected chi connectivity index (χ2v) is 6.77. The summed E-state index contributed by atoms with van der Waals surface area (Å²) >= 11 is 0. The molecule has 0 heterocycles. The summed E-state index contributed by atoms with van der Waals surface area (Å²) in [6.07, 6.45) is -1.59. The van der Waals surface area contributed by atoms with E-state index in [1.165, 1.54) is 26.0 Å². The molecule has 0 aliphatic rings. The monoisotopic (exact) mass is 287 g/mol. The normalized spacial score (nSPS) is 15.5. The summed E-state index contributed by atoms with van der Waals surface area (Å²) < 4.78 is 25.9. The van der Waals surface area contributed by atoms with Crippen molar-refractivity contribution in [3.05, 3.63) is 29.8 Å². The number of benzene rings is 1. The SMILES string of the molecule is Cc1ccc(S(=O)(=O)N(CC(C)O)CC(C)O)cc1. The minimum absolute atomic E-state index is 0.0406. The number of aliphatic hydroxyl groups is 2. The van der Waals surface area contributed by atoms with Crippen LogP contribution in [0.5, 0.6) is 0 Å². The molecule has 2 atom stereocenters. The van der Waals surface area contributed by atoms with E-state index in [0.717, 1.165) is 9.87 Å². The van der Waals surface area contributed by atoms with Crippen LogP contribution < -0.4 is 0 Å². The van der Waals surface area contributed by atoms with E-state index in [-0.39, 0.29) is 18.0 Å². The topological polar surface area (TPSA) is 77.8 Å². The van der Waals surface area contributed by atoms with Crippen LogP contribution in [-0.2, 0) is 10.0 Å². The highest BCUT2D eigenvalue weighted by molar-refractivity contribution is 7.89. The molecule has 108 valence electrons. The van der Waals surface area contributed by atoms with Crippen molar-refractivity contribution in [2.24, 2.45) is 0 Å². The van der Waals surface area contributed by atoms with Crippen LogP contribution in [0.4, 0.5) is 0 Å². The second kappa shape index (κ2) is 6.47. The van der Waals surface area contributed by atoms with Gasteiger partial charge >= 0.3 is 0 Å². The smallest absolute Gasteiger partial charge is 0.243 e. The molecular weight excluding hydrogens is 266 g/mol. The predicted octanol–water partition coefficient (Wildman–Crippen LogP) is 0.747. The summed E-state index contributed by atoms with van der Waals surface area (Å²) in [5.41, 5.74) is 0.969. The summed E-state index contributed by atoms with van der Waals surface area (Å²) in [4.78, 5) is 0.166. The van der Waals surface area contributed by atoms with Gasteiger partial charge in [-0.25, -0.2) is 8.42 Å². The lowest BCUT2D eigenvalue weighted by Crippen LogP contribution is -2.40. The Labute approximate surface area is 114 Å². The Morgan fingerprint density at radius 3 is 1.84 bits per heavy atom. The summed E-state index contributed by atoms with van der Waals surface area (Å²) in [6.45, 7) is 4.82. The van der Waals surface area contributed by atoms with Crippen molar-refractivity contribution < 1.29 is 18.6 Å². The number of sulfonamides is 1. The van der Waals surface area contributed by atoms with Gasteiger partial charge in [-0.3, -0.25) is 0 Å². The molecule has 5 nitrogen and oxygen atoms in total. The molecule has 0 bridgehead atoms. The van der Waals surface area contributed by atoms with E-state index in [1.807, 2.05) is 6.92 Å². The van der Waals surface area contributed by atoms with Crippen molar-refractivity contribution in [1.82, 2.24) is 4.31 Å². The number of aliphatic hydroxyl groups excluding tert-OH is 2. The first-order valence-corrected chi connectivity index (χ1v) is 7.60. The van der Waals surface area contributed by atoms with Crippen molar-refractivity contribution in [3.63, 3.8) is 0 Å². The molecule has 1 aromatic carbocycles. The highest BCUT2D eigenvalue weighted by Gasteiger charge is 2.26. The lowest BCUT2D eigenvalue weighted by molar-refractivity contribution is 0.125. The maximum Gasteiger partial charge on any atom is 0.243 e. The van der Waals surface area contributed by atoms with E-state index < -0.39 is 22.2 Å². The summed E-state index contributed by atoms with van der Waals surface area (Å²) in [7, 11) is -3.69. The number of nitrogens with zero attached hydrogens (tertiary/aromatic N) is 1. The lowest BCUT2D eigenvalue weighted by atomic mass is 10.2. The fraction of sp³-hybridized carbons (Fsp3) is 0.538. The molecule has 0 spiro atoms. The first-order chi connectivity index (χ1) is 8.73. The second-order valence-electron chi connectivity index (χ2n) is 4.83. The van der Waals surface area contributed by atoms with Crippen LogP contribution in [0.25, 0.3) is 0 Å². The van der Waals surface area contributed by atoms with Gasteiger partial charge in [0.1, 0.15) is 0 Å². The molecule has 0 fully saturated rings. The lowest BCUT2D eigenvalue weighted by Gasteiger charge is -2.24. The van der Waals surface area contributed by atoms with E-state index in [4.69, 9.17) is 0 Å². The van der Waals surface area contributed by atoms with Crippen LogP contribution >= 0.6 is 0 Å². The zero-order valence-corrected chi connectivity index (χ0v) is 12.3. The van der Waals surface area contributed by atoms with Gasteiger partial charge in [-0.15, -0.1) is 0 Å². The standard InChI is InChI=1S/C13H21NO4S/c1-10-4-6-13(7-5-10)19(17,18)14(8-11(2)15)9-12(3)16/h4-7,11-12,15-16H,8-9H2,1-3H3. The third kappa shape index (κ3) is 4.58. The first-order valence-electron chi connectivity index (χ1n) is 6.16. The quantitative estimate of drug-likeness (QED) is 0.809. The molecule has 0 aromatic heterocycles. The van der Waals surface area contributed by atoms with Gasteiger partial charge in [0.25, 0.3) is 0 Å². The van der Waals surface area contributed by atoms with Crippen LogP contribution in [-0.4, -0.2) is 48.2 Å². The van der Waals surface area contributed by atoms with Crippen molar-refractivity contribution in [2.75, 3.05) is 13.1 Å². The zero-order valence-electron chi connectivity index (χ0n) is 11.4. The molecule has 1 aromatic rings. The molecule has 2 N–H and O–H groups in total. The molecule has 0 aliphatic carbocycles. The largest absolute Gasteiger partial charge is 0.392 e. The van der Waals surface area contributed by atoms with Crippen molar-refractivity contribution in [1.29, 1.82) is 0 Å². The molecule has 19 heavy (non-hydrogen) atoms. The molecule has 6 heteroatoms. The van der Waals surface area contributed by atoms with Crippen LogP contribution in [0.15, 0.2) is 29.2 Å². The maximum absolute atomic E-state index is 12.4. The molecular formula is C13H21NO4S. The van der Waals surface area contributed by atoms with Gasteiger partial charge in [-0.05, 0) is 32.9 Å². The third-order valence-corrected chi connectivity index (χ3v) is 4.44. The molecule has 0 saturated heterocycles. The molecule has 0 amide bonds. The highest BCUT2D eigenvalue weighted by atomic mass is 32.2. The van der Waals surface area contributed by atoms with Gasteiger partial charge in [0.2, 0.25) is 10.0 Å². The summed E-state index contributed by atoms with van der Waals surface area (Å²) in [6, 6.07) is 6.50. The molecule has 2 unspecified atom stereocenters. The molecule has 0 saturated carbocycles. The maximum atomic E-state index is 12.4.